The first-order valence-corrected chi connectivity index (χ1v) is 9.81. The average molecular weight is 405 g/mol. The molecule has 0 aliphatic carbocycles. The second-order valence-corrected chi connectivity index (χ2v) is 6.71. The first-order chi connectivity index (χ1) is 13.9. The number of benzene rings is 2. The standard InChI is InChI=1S/C11H13NO5.C8H11N.C3H8/c1-6-9(13)3-7-4-11(16-2)8(12(14)15)5-10(7)17-6;9-7-6-8-4-2-1-3-5-8;1-3-2/h4-6,9,13H,3H2,1-2H3;1-5H,6-7,9H2;3H2,1-2H3. The highest BCUT2D eigenvalue weighted by Gasteiger charge is 2.28. The zero-order valence-electron chi connectivity index (χ0n) is 17.6. The Morgan fingerprint density at radius 1 is 1.28 bits per heavy atom. The van der Waals surface area contributed by atoms with Crippen LogP contribution in [0.5, 0.6) is 11.5 Å². The summed E-state index contributed by atoms with van der Waals surface area (Å²) >= 11 is 0. The van der Waals surface area contributed by atoms with Crippen LogP contribution in [0.3, 0.4) is 0 Å². The zero-order valence-corrected chi connectivity index (χ0v) is 17.6. The molecule has 1 heterocycles. The number of hydrogen-bond donors (Lipinski definition) is 2. The maximum atomic E-state index is 10.8. The van der Waals surface area contributed by atoms with Crippen molar-refractivity contribution in [1.29, 1.82) is 0 Å². The number of nitro benzene ring substituents is 1. The molecule has 2 unspecified atom stereocenters. The summed E-state index contributed by atoms with van der Waals surface area (Å²) in [6.45, 7) is 6.72. The fraction of sp³-hybridized carbons (Fsp3) is 0.455. The van der Waals surface area contributed by atoms with Crippen LogP contribution in [0.15, 0.2) is 42.5 Å². The van der Waals surface area contributed by atoms with Gasteiger partial charge in [0.1, 0.15) is 11.9 Å². The number of hydrogen-bond acceptors (Lipinski definition) is 6. The van der Waals surface area contributed by atoms with E-state index < -0.39 is 11.0 Å². The van der Waals surface area contributed by atoms with Crippen molar-refractivity contribution in [3.05, 3.63) is 63.7 Å². The van der Waals surface area contributed by atoms with Gasteiger partial charge in [-0.3, -0.25) is 10.1 Å². The van der Waals surface area contributed by atoms with Crippen molar-refractivity contribution >= 4 is 5.69 Å². The second kappa shape index (κ2) is 12.7. The Morgan fingerprint density at radius 2 is 1.90 bits per heavy atom. The number of rotatable bonds is 4. The fourth-order valence-electron chi connectivity index (χ4n) is 2.65. The van der Waals surface area contributed by atoms with Crippen molar-refractivity contribution in [2.24, 2.45) is 5.73 Å². The highest BCUT2D eigenvalue weighted by molar-refractivity contribution is 5.55. The molecule has 2 aromatic rings. The molecule has 160 valence electrons. The Labute approximate surface area is 172 Å². The third-order valence-corrected chi connectivity index (χ3v) is 4.12. The molecule has 0 spiro atoms. The van der Waals surface area contributed by atoms with Gasteiger partial charge in [-0.25, -0.2) is 0 Å². The minimum Gasteiger partial charge on any atom is -0.490 e. The maximum absolute atomic E-state index is 10.8. The van der Waals surface area contributed by atoms with Crippen molar-refractivity contribution in [3.8, 4) is 11.5 Å². The van der Waals surface area contributed by atoms with Crippen molar-refractivity contribution in [3.63, 3.8) is 0 Å². The summed E-state index contributed by atoms with van der Waals surface area (Å²) in [6.07, 6.45) is 1.68. The van der Waals surface area contributed by atoms with Crippen LogP contribution in [0.2, 0.25) is 0 Å². The number of aliphatic hydroxyl groups is 1. The van der Waals surface area contributed by atoms with Gasteiger partial charge in [-0.05, 0) is 31.5 Å². The Hall–Kier alpha value is -2.64. The molecule has 29 heavy (non-hydrogen) atoms. The smallest absolute Gasteiger partial charge is 0.314 e. The van der Waals surface area contributed by atoms with E-state index >= 15 is 0 Å². The van der Waals surface area contributed by atoms with Gasteiger partial charge in [0.05, 0.1) is 24.2 Å². The molecule has 0 amide bonds. The number of nitrogens with two attached hydrogens (primary N) is 1. The van der Waals surface area contributed by atoms with Gasteiger partial charge in [0.2, 0.25) is 0 Å². The topological polar surface area (TPSA) is 108 Å². The molecule has 7 nitrogen and oxygen atoms in total. The SMILES string of the molecule is CCC.COc1cc2c(cc1[N+](=O)[O-])OC(C)C(O)C2.NCCc1ccccc1. The number of nitrogens with zero attached hydrogens (tertiary/aromatic N) is 1. The van der Waals surface area contributed by atoms with E-state index in [9.17, 15) is 15.2 Å². The Morgan fingerprint density at radius 3 is 2.41 bits per heavy atom. The highest BCUT2D eigenvalue weighted by atomic mass is 16.6. The lowest BCUT2D eigenvalue weighted by Gasteiger charge is -2.28. The van der Waals surface area contributed by atoms with Gasteiger partial charge in [-0.2, -0.15) is 0 Å². The van der Waals surface area contributed by atoms with Crippen LogP contribution in [0.1, 0.15) is 38.3 Å². The van der Waals surface area contributed by atoms with Gasteiger partial charge in [-0.15, -0.1) is 0 Å². The van der Waals surface area contributed by atoms with E-state index in [1.165, 1.54) is 25.2 Å². The first-order valence-electron chi connectivity index (χ1n) is 9.81. The summed E-state index contributed by atoms with van der Waals surface area (Å²) in [5.74, 6) is 0.620. The zero-order chi connectivity index (χ0) is 21.8. The van der Waals surface area contributed by atoms with E-state index in [4.69, 9.17) is 15.2 Å². The van der Waals surface area contributed by atoms with Gasteiger partial charge >= 0.3 is 5.69 Å². The number of fused-ring (bicyclic) bond motifs is 1. The third kappa shape index (κ3) is 7.71. The van der Waals surface area contributed by atoms with Crippen LogP contribution < -0.4 is 15.2 Å². The van der Waals surface area contributed by atoms with Gasteiger partial charge in [-0.1, -0.05) is 50.6 Å². The molecule has 3 rings (SSSR count). The van der Waals surface area contributed by atoms with Crippen molar-refractivity contribution in [1.82, 2.24) is 0 Å². The predicted molar refractivity (Wildman–Crippen MR) is 115 cm³/mol. The Bertz CT molecular complexity index is 752. The molecule has 2 aromatic carbocycles. The summed E-state index contributed by atoms with van der Waals surface area (Å²) in [6, 6.07) is 13.1. The van der Waals surface area contributed by atoms with Crippen LogP contribution >= 0.6 is 0 Å². The molecule has 1 aliphatic heterocycles. The first kappa shape index (κ1) is 24.4. The number of methoxy groups -OCH3 is 1. The molecule has 0 fully saturated rings. The molecule has 0 saturated carbocycles. The lowest BCUT2D eigenvalue weighted by molar-refractivity contribution is -0.385. The van der Waals surface area contributed by atoms with Gasteiger partial charge in [0.25, 0.3) is 0 Å². The van der Waals surface area contributed by atoms with Crippen molar-refractivity contribution < 1.29 is 19.5 Å². The van der Waals surface area contributed by atoms with Crippen LogP contribution in [0.25, 0.3) is 0 Å². The van der Waals surface area contributed by atoms with Crippen LogP contribution in [0.4, 0.5) is 5.69 Å². The van der Waals surface area contributed by atoms with E-state index in [0.717, 1.165) is 18.5 Å². The van der Waals surface area contributed by atoms with Crippen LogP contribution in [-0.2, 0) is 12.8 Å². The van der Waals surface area contributed by atoms with Gasteiger partial charge < -0.3 is 20.3 Å². The summed E-state index contributed by atoms with van der Waals surface area (Å²) in [4.78, 5) is 10.3. The van der Waals surface area contributed by atoms with Crippen LogP contribution in [-0.4, -0.2) is 35.9 Å². The average Bonchev–Trinajstić information content (AvgIpc) is 2.70. The molecule has 7 heteroatoms. The summed E-state index contributed by atoms with van der Waals surface area (Å²) in [5.41, 5.74) is 7.27. The molecular weight excluding hydrogens is 372 g/mol. The van der Waals surface area contributed by atoms with E-state index in [0.29, 0.717) is 12.2 Å². The fourth-order valence-corrected chi connectivity index (χ4v) is 2.65. The molecule has 0 bridgehead atoms. The van der Waals surface area contributed by atoms with E-state index in [2.05, 4.69) is 26.0 Å². The van der Waals surface area contributed by atoms with Crippen LogP contribution in [0, 0.1) is 10.1 Å². The second-order valence-electron chi connectivity index (χ2n) is 6.71. The highest BCUT2D eigenvalue weighted by Crippen LogP contribution is 2.37. The normalized spacial score (nSPS) is 16.8. The minimum atomic E-state index is -0.603. The largest absolute Gasteiger partial charge is 0.490 e. The van der Waals surface area contributed by atoms with Crippen molar-refractivity contribution in [2.75, 3.05) is 13.7 Å². The maximum Gasteiger partial charge on any atom is 0.314 e. The summed E-state index contributed by atoms with van der Waals surface area (Å²) in [5, 5.41) is 20.5. The van der Waals surface area contributed by atoms with E-state index in [-0.39, 0.29) is 17.5 Å². The molecular formula is C22H32N2O5. The summed E-state index contributed by atoms with van der Waals surface area (Å²) in [7, 11) is 1.37. The molecule has 1 aliphatic rings. The van der Waals surface area contributed by atoms with E-state index in [1.807, 2.05) is 18.2 Å². The Kier molecular flexibility index (Phi) is 10.7. The third-order valence-electron chi connectivity index (χ3n) is 4.12. The number of nitro groups is 1. The Balaban J connectivity index is 0.000000294. The lowest BCUT2D eigenvalue weighted by Crippen LogP contribution is -2.34. The van der Waals surface area contributed by atoms with Gasteiger partial charge in [0.15, 0.2) is 5.75 Å². The van der Waals surface area contributed by atoms with Crippen molar-refractivity contribution in [2.45, 2.75) is 52.2 Å². The molecule has 2 atom stereocenters. The molecule has 0 radical (unpaired) electrons. The molecule has 0 aromatic heterocycles. The quantitative estimate of drug-likeness (QED) is 0.591. The summed E-state index contributed by atoms with van der Waals surface area (Å²) < 4.78 is 10.4. The number of ether oxygens (including phenoxy) is 2. The number of aliphatic hydroxyl groups excluding tert-OH is 1. The van der Waals surface area contributed by atoms with E-state index in [1.54, 1.807) is 13.0 Å². The molecule has 0 saturated heterocycles. The minimum absolute atomic E-state index is 0.130. The molecule has 3 N–H and O–H groups in total. The monoisotopic (exact) mass is 404 g/mol. The predicted octanol–water partition coefficient (Wildman–Crippen LogP) is 3.89. The lowest BCUT2D eigenvalue weighted by atomic mass is 9.99. The van der Waals surface area contributed by atoms with Gasteiger partial charge in [0, 0.05) is 12.0 Å².